The van der Waals surface area contributed by atoms with E-state index in [2.05, 4.69) is 48.7 Å². The van der Waals surface area contributed by atoms with Gasteiger partial charge in [-0.25, -0.2) is 4.79 Å². The molecule has 1 aromatic carbocycles. The number of benzene rings is 1. The molecule has 0 aliphatic carbocycles. The van der Waals surface area contributed by atoms with E-state index in [9.17, 15) is 4.79 Å². The van der Waals surface area contributed by atoms with Crippen molar-refractivity contribution in [2.45, 2.75) is 39.5 Å². The van der Waals surface area contributed by atoms with Crippen molar-refractivity contribution in [2.75, 3.05) is 11.9 Å². The summed E-state index contributed by atoms with van der Waals surface area (Å²) in [5.41, 5.74) is 6.50. The molecule has 132 valence electrons. The number of hydrogen-bond donors (Lipinski definition) is 1. The number of halogens is 3. The van der Waals surface area contributed by atoms with Gasteiger partial charge in [-0.3, -0.25) is 5.32 Å². The fourth-order valence-electron chi connectivity index (χ4n) is 1.86. The number of ether oxygens (including phenoxy) is 1. The number of carbonyl (C=O) groups is 1. The number of nitrogens with one attached hydrogen (secondary N) is 1. The van der Waals surface area contributed by atoms with Crippen molar-refractivity contribution in [3.63, 3.8) is 0 Å². The number of hydrogen-bond acceptors (Lipinski definition) is 2. The molecule has 6 heteroatoms. The summed E-state index contributed by atoms with van der Waals surface area (Å²) in [5, 5.41) is 2.72. The molecule has 0 unspecified atom stereocenters. The first kappa shape index (κ1) is 21.3. The predicted octanol–water partition coefficient (Wildman–Crippen LogP) is 6.84. The van der Waals surface area contributed by atoms with Crippen LogP contribution in [0.2, 0.25) is 0 Å². The molecule has 0 aliphatic heterocycles. The molecule has 0 radical (unpaired) electrons. The second-order valence-corrected chi connectivity index (χ2v) is 7.42. The van der Waals surface area contributed by atoms with Crippen molar-refractivity contribution in [3.05, 3.63) is 49.6 Å². The molecule has 24 heavy (non-hydrogen) atoms. The number of anilines is 1. The summed E-state index contributed by atoms with van der Waals surface area (Å²) in [6.45, 7) is 6.43. The third-order valence-corrected chi connectivity index (χ3v) is 4.93. The monoisotopic (exact) mass is 481 g/mol. The summed E-state index contributed by atoms with van der Waals surface area (Å²) in [4.78, 5) is 12.0. The van der Waals surface area contributed by atoms with Crippen LogP contribution >= 0.6 is 45.8 Å². The third kappa shape index (κ3) is 7.45. The molecule has 3 nitrogen and oxygen atoms in total. The molecule has 0 saturated carbocycles. The lowest BCUT2D eigenvalue weighted by molar-refractivity contribution is 0.170. The second kappa shape index (κ2) is 11.0. The first-order chi connectivity index (χ1) is 11.4. The molecule has 0 heterocycles. The zero-order valence-corrected chi connectivity index (χ0v) is 17.8. The van der Waals surface area contributed by atoms with Gasteiger partial charge in [0.05, 0.1) is 0 Å². The van der Waals surface area contributed by atoms with Crippen molar-refractivity contribution >= 4 is 57.6 Å². The van der Waals surface area contributed by atoms with Gasteiger partial charge >= 0.3 is 6.09 Å². The van der Waals surface area contributed by atoms with E-state index in [0.717, 1.165) is 27.5 Å². The maximum absolute atomic E-state index is 12.0. The van der Waals surface area contributed by atoms with Crippen LogP contribution < -0.4 is 5.32 Å². The zero-order valence-electron chi connectivity index (χ0n) is 14.1. The van der Waals surface area contributed by atoms with Crippen LogP contribution in [0.1, 0.15) is 39.2 Å². The van der Waals surface area contributed by atoms with Gasteiger partial charge in [0.25, 0.3) is 0 Å². The topological polar surface area (TPSA) is 38.3 Å². The maximum atomic E-state index is 12.0. The van der Waals surface area contributed by atoms with Crippen LogP contribution in [0.5, 0.6) is 0 Å². The molecule has 1 amide bonds. The van der Waals surface area contributed by atoms with Crippen molar-refractivity contribution in [1.82, 2.24) is 0 Å². The molecule has 1 aromatic rings. The lowest BCUT2D eigenvalue weighted by Gasteiger charge is -2.12. The molecular weight excluding hydrogens is 460 g/mol. The van der Waals surface area contributed by atoms with Crippen LogP contribution in [0.25, 0.3) is 0 Å². The maximum Gasteiger partial charge on any atom is 0.411 e. The number of rotatable bonds is 7. The van der Waals surface area contributed by atoms with Gasteiger partial charge in [0.15, 0.2) is 0 Å². The number of amides is 1. The average Bonchev–Trinajstić information content (AvgIpc) is 2.56. The van der Waals surface area contributed by atoms with Gasteiger partial charge in [-0.1, -0.05) is 22.7 Å². The third-order valence-electron chi connectivity index (χ3n) is 3.67. The van der Waals surface area contributed by atoms with Crippen LogP contribution in [-0.2, 0) is 10.6 Å². The minimum absolute atomic E-state index is 0.173. The van der Waals surface area contributed by atoms with Gasteiger partial charge in [-0.15, -0.1) is 11.6 Å². The molecule has 0 fully saturated rings. The molecule has 1 rings (SSSR count). The van der Waals surface area contributed by atoms with E-state index >= 15 is 0 Å². The van der Waals surface area contributed by atoms with E-state index in [-0.39, 0.29) is 6.61 Å². The lowest BCUT2D eigenvalue weighted by Crippen LogP contribution is -2.16. The van der Waals surface area contributed by atoms with Gasteiger partial charge in [-0.05, 0) is 85.5 Å². The highest BCUT2D eigenvalue weighted by Gasteiger charge is 2.09. The largest absolute Gasteiger partial charge is 0.445 e. The Balaban J connectivity index is 2.55. The summed E-state index contributed by atoms with van der Waals surface area (Å²) in [6, 6.07) is 5.64. The minimum atomic E-state index is -0.516. The quantitative estimate of drug-likeness (QED) is 0.263. The molecule has 0 bridgehead atoms. The summed E-state index contributed by atoms with van der Waals surface area (Å²) in [5.74, 6) is 0.321. The van der Waals surface area contributed by atoms with Crippen LogP contribution in [-0.4, -0.2) is 12.7 Å². The molecule has 0 spiro atoms. The lowest BCUT2D eigenvalue weighted by atomic mass is 10.0. The van der Waals surface area contributed by atoms with Gasteiger partial charge in [0.1, 0.15) is 6.61 Å². The first-order valence-corrected chi connectivity index (χ1v) is 9.61. The Bertz CT molecular complexity index is 638. The highest BCUT2D eigenvalue weighted by Crippen LogP contribution is 2.21. The van der Waals surface area contributed by atoms with Crippen LogP contribution in [0.15, 0.2) is 40.5 Å². The number of allylic oxidation sites excluding steroid dienone is 2. The van der Waals surface area contributed by atoms with Crippen LogP contribution in [0.3, 0.4) is 0 Å². The van der Waals surface area contributed by atoms with Crippen molar-refractivity contribution in [1.29, 1.82) is 0 Å². The standard InChI is InChI=1S/C18H22Cl2INO2/c1-12(2)13(3)4-5-14(9-19)11-24-18(23)22-17-7-6-16(21)8-15(17)10-20/h6-9H,4-5,10-11H2,1-3H3,(H,22,23)/b14-9-. The van der Waals surface area contributed by atoms with E-state index < -0.39 is 6.09 Å². The summed E-state index contributed by atoms with van der Waals surface area (Å²) >= 11 is 13.9. The smallest absolute Gasteiger partial charge is 0.411 e. The fraction of sp³-hybridized carbons (Fsp3) is 0.389. The summed E-state index contributed by atoms with van der Waals surface area (Å²) in [7, 11) is 0. The van der Waals surface area contributed by atoms with E-state index in [1.807, 2.05) is 18.2 Å². The first-order valence-electron chi connectivity index (χ1n) is 7.56. The van der Waals surface area contributed by atoms with E-state index in [1.54, 1.807) is 0 Å². The summed E-state index contributed by atoms with van der Waals surface area (Å²) in [6.07, 6.45) is 1.15. The zero-order chi connectivity index (χ0) is 18.1. The van der Waals surface area contributed by atoms with Crippen LogP contribution in [0.4, 0.5) is 10.5 Å². The van der Waals surface area contributed by atoms with Crippen molar-refractivity contribution in [3.8, 4) is 0 Å². The molecular formula is C18H22Cl2INO2. The van der Waals surface area contributed by atoms with E-state index in [4.69, 9.17) is 27.9 Å². The normalized spacial score (nSPS) is 11.2. The Kier molecular flexibility index (Phi) is 9.78. The number of carbonyl (C=O) groups excluding carboxylic acids is 1. The van der Waals surface area contributed by atoms with E-state index in [1.165, 1.54) is 16.7 Å². The average molecular weight is 482 g/mol. The SMILES string of the molecule is CC(C)=C(C)CC/C(=C/Cl)COC(=O)Nc1ccc(I)cc1CCl. The molecule has 0 aliphatic rings. The van der Waals surface area contributed by atoms with Gasteiger partial charge < -0.3 is 4.74 Å². The Labute approximate surface area is 167 Å². The molecule has 0 atom stereocenters. The van der Waals surface area contributed by atoms with Crippen molar-refractivity contribution in [2.24, 2.45) is 0 Å². The van der Waals surface area contributed by atoms with Gasteiger partial charge in [0.2, 0.25) is 0 Å². The van der Waals surface area contributed by atoms with Gasteiger partial charge in [-0.2, -0.15) is 0 Å². The summed E-state index contributed by atoms with van der Waals surface area (Å²) < 4.78 is 6.32. The fourth-order valence-corrected chi connectivity index (χ4v) is 2.80. The van der Waals surface area contributed by atoms with Crippen LogP contribution in [0, 0.1) is 3.57 Å². The van der Waals surface area contributed by atoms with Crippen molar-refractivity contribution < 1.29 is 9.53 Å². The Hall–Kier alpha value is -0.720. The molecule has 0 aromatic heterocycles. The molecule has 0 saturated heterocycles. The Morgan fingerprint density at radius 1 is 1.29 bits per heavy atom. The highest BCUT2D eigenvalue weighted by molar-refractivity contribution is 14.1. The van der Waals surface area contributed by atoms with Gasteiger partial charge in [0, 0.05) is 20.7 Å². The molecule has 1 N–H and O–H groups in total. The Morgan fingerprint density at radius 3 is 2.58 bits per heavy atom. The minimum Gasteiger partial charge on any atom is -0.445 e. The number of alkyl halides is 1. The highest BCUT2D eigenvalue weighted by atomic mass is 127. The van der Waals surface area contributed by atoms with E-state index in [0.29, 0.717) is 11.6 Å². The predicted molar refractivity (Wildman–Crippen MR) is 111 cm³/mol. The Morgan fingerprint density at radius 2 is 2.00 bits per heavy atom. The second-order valence-electron chi connectivity index (χ2n) is 5.68.